The molecule has 0 N–H and O–H groups in total. The molecule has 0 radical (unpaired) electrons. The van der Waals surface area contributed by atoms with Crippen LogP contribution in [0.1, 0.15) is 82.3 Å². The summed E-state index contributed by atoms with van der Waals surface area (Å²) in [6, 6.07) is 5.93. The lowest BCUT2D eigenvalue weighted by Gasteiger charge is -2.37. The summed E-state index contributed by atoms with van der Waals surface area (Å²) in [7, 11) is 0. The van der Waals surface area contributed by atoms with Gasteiger partial charge in [0.15, 0.2) is 0 Å². The van der Waals surface area contributed by atoms with E-state index in [1.54, 1.807) is 11.6 Å². The molecule has 1 aromatic rings. The Kier molecular flexibility index (Phi) is 8.24. The zero-order chi connectivity index (χ0) is 19.1. The van der Waals surface area contributed by atoms with Gasteiger partial charge >= 0.3 is 0 Å². The van der Waals surface area contributed by atoms with Gasteiger partial charge in [-0.25, -0.2) is 4.39 Å². The number of rotatable bonds is 7. The lowest BCUT2D eigenvalue weighted by molar-refractivity contribution is 0.153. The van der Waals surface area contributed by atoms with Crippen LogP contribution in [-0.2, 0) is 12.8 Å². The summed E-state index contributed by atoms with van der Waals surface area (Å²) in [4.78, 5) is 0. The highest BCUT2D eigenvalue weighted by molar-refractivity contribution is 6.25. The third-order valence-corrected chi connectivity index (χ3v) is 7.34. The van der Waals surface area contributed by atoms with Gasteiger partial charge in [-0.3, -0.25) is 0 Å². The molecule has 0 atom stereocenters. The van der Waals surface area contributed by atoms with Gasteiger partial charge in [0.1, 0.15) is 5.82 Å². The van der Waals surface area contributed by atoms with Crippen LogP contribution in [0.2, 0.25) is 0 Å². The van der Waals surface area contributed by atoms with Crippen molar-refractivity contribution < 1.29 is 4.39 Å². The summed E-state index contributed by atoms with van der Waals surface area (Å²) < 4.78 is 14.1. The number of benzene rings is 1. The Balaban J connectivity index is 1.39. The molecule has 0 bridgehead atoms. The van der Waals surface area contributed by atoms with Crippen LogP contribution in [0.5, 0.6) is 0 Å². The summed E-state index contributed by atoms with van der Waals surface area (Å²) in [5.74, 6) is 3.46. The predicted octanol–water partition coefficient (Wildman–Crippen LogP) is 8.08. The first kappa shape index (κ1) is 20.9. The second-order valence-electron chi connectivity index (χ2n) is 8.99. The van der Waals surface area contributed by atoms with Gasteiger partial charge in [-0.15, -0.1) is 0 Å². The van der Waals surface area contributed by atoms with Gasteiger partial charge in [-0.05, 0) is 98.7 Å². The van der Waals surface area contributed by atoms with Crippen LogP contribution in [0.15, 0.2) is 29.8 Å². The van der Waals surface area contributed by atoms with Gasteiger partial charge in [0, 0.05) is 5.54 Å². The molecule has 0 heterocycles. The van der Waals surface area contributed by atoms with Gasteiger partial charge in [-0.2, -0.15) is 0 Å². The quantitative estimate of drug-likeness (QED) is 0.441. The highest BCUT2D eigenvalue weighted by Crippen LogP contribution is 2.42. The van der Waals surface area contributed by atoms with E-state index in [9.17, 15) is 4.39 Å². The molecule has 2 fully saturated rings. The Morgan fingerprint density at radius 3 is 2.22 bits per heavy atom. The second kappa shape index (κ2) is 10.6. The molecule has 2 aliphatic rings. The Morgan fingerprint density at radius 1 is 0.963 bits per heavy atom. The molecule has 0 aromatic heterocycles. The monoisotopic (exact) mass is 390 g/mol. The molecule has 2 heteroatoms. The number of aryl methyl sites for hydroxylation is 2. The fourth-order valence-electron chi connectivity index (χ4n) is 5.45. The molecule has 3 rings (SSSR count). The van der Waals surface area contributed by atoms with Crippen molar-refractivity contribution in [3.8, 4) is 0 Å². The highest BCUT2D eigenvalue weighted by atomic mass is 35.5. The third kappa shape index (κ3) is 6.08. The number of hydrogen-bond acceptors (Lipinski definition) is 0. The maximum atomic E-state index is 14.1. The molecule has 0 amide bonds. The fourth-order valence-corrected chi connectivity index (χ4v) is 5.65. The SMILES string of the molecule is CCCc1ccc(CCC2CCC(C3CCC(C=CCl)CC3)CC2)cc1F. The Morgan fingerprint density at radius 2 is 1.63 bits per heavy atom. The van der Waals surface area contributed by atoms with E-state index >= 15 is 0 Å². The molecule has 0 spiro atoms. The van der Waals surface area contributed by atoms with Crippen molar-refractivity contribution in [3.05, 3.63) is 46.8 Å². The number of allylic oxidation sites excluding steroid dienone is 1. The van der Waals surface area contributed by atoms with Crippen LogP contribution in [0, 0.1) is 29.5 Å². The highest BCUT2D eigenvalue weighted by Gasteiger charge is 2.30. The standard InChI is InChI=1S/C25H36ClF/c1-2-3-24-15-10-21(18-25(24)27)5-4-19-6-11-22(12-7-19)23-13-8-20(9-14-23)16-17-26/h10,15-20,22-23H,2-9,11-14H2,1H3. The van der Waals surface area contributed by atoms with E-state index in [0.29, 0.717) is 0 Å². The lowest BCUT2D eigenvalue weighted by Crippen LogP contribution is -2.25. The summed E-state index contributed by atoms with van der Waals surface area (Å²) in [6.45, 7) is 2.10. The van der Waals surface area contributed by atoms with Crippen molar-refractivity contribution in [1.29, 1.82) is 0 Å². The Labute approximate surface area is 170 Å². The van der Waals surface area contributed by atoms with Crippen LogP contribution in [0.4, 0.5) is 4.39 Å². The minimum Gasteiger partial charge on any atom is -0.207 e. The summed E-state index contributed by atoms with van der Waals surface area (Å²) in [5, 5.41) is 0. The van der Waals surface area contributed by atoms with E-state index in [1.165, 1.54) is 63.4 Å². The van der Waals surface area contributed by atoms with Crippen LogP contribution in [-0.4, -0.2) is 0 Å². The van der Waals surface area contributed by atoms with Crippen LogP contribution in [0.3, 0.4) is 0 Å². The molecule has 150 valence electrons. The molecular formula is C25H36ClF. The maximum absolute atomic E-state index is 14.1. The minimum atomic E-state index is -0.00216. The largest absolute Gasteiger partial charge is 0.207 e. The molecule has 0 unspecified atom stereocenters. The van der Waals surface area contributed by atoms with Crippen molar-refractivity contribution in [3.63, 3.8) is 0 Å². The molecule has 1 aromatic carbocycles. The predicted molar refractivity (Wildman–Crippen MR) is 115 cm³/mol. The Hall–Kier alpha value is -0.820. The van der Waals surface area contributed by atoms with Crippen molar-refractivity contribution >= 4 is 11.6 Å². The van der Waals surface area contributed by atoms with Crippen molar-refractivity contribution in [2.45, 2.75) is 84.0 Å². The molecule has 0 aliphatic heterocycles. The molecule has 0 saturated heterocycles. The van der Waals surface area contributed by atoms with E-state index in [1.807, 2.05) is 6.07 Å². The number of halogens is 2. The van der Waals surface area contributed by atoms with E-state index in [2.05, 4.69) is 19.1 Å². The van der Waals surface area contributed by atoms with E-state index < -0.39 is 0 Å². The average Bonchev–Trinajstić information content (AvgIpc) is 2.70. The summed E-state index contributed by atoms with van der Waals surface area (Å²) >= 11 is 5.74. The molecule has 27 heavy (non-hydrogen) atoms. The zero-order valence-electron chi connectivity index (χ0n) is 16.9. The lowest BCUT2D eigenvalue weighted by atomic mass is 9.68. The second-order valence-corrected chi connectivity index (χ2v) is 9.24. The summed E-state index contributed by atoms with van der Waals surface area (Å²) in [6.07, 6.45) is 17.3. The van der Waals surface area contributed by atoms with Crippen LogP contribution >= 0.6 is 11.6 Å². The number of hydrogen-bond donors (Lipinski definition) is 0. The molecule has 2 aliphatic carbocycles. The first-order valence-corrected chi connectivity index (χ1v) is 11.7. The fraction of sp³-hybridized carbons (Fsp3) is 0.680. The van der Waals surface area contributed by atoms with Gasteiger partial charge < -0.3 is 0 Å². The van der Waals surface area contributed by atoms with E-state index in [-0.39, 0.29) is 5.82 Å². The van der Waals surface area contributed by atoms with Gasteiger partial charge in [0.05, 0.1) is 0 Å². The van der Waals surface area contributed by atoms with Crippen LogP contribution < -0.4 is 0 Å². The van der Waals surface area contributed by atoms with E-state index in [4.69, 9.17) is 11.6 Å². The van der Waals surface area contributed by atoms with Gasteiger partial charge in [0.25, 0.3) is 0 Å². The third-order valence-electron chi connectivity index (χ3n) is 7.20. The first-order valence-electron chi connectivity index (χ1n) is 11.2. The minimum absolute atomic E-state index is 0.00216. The molecular weight excluding hydrogens is 355 g/mol. The smallest absolute Gasteiger partial charge is 0.126 e. The van der Waals surface area contributed by atoms with Crippen molar-refractivity contribution in [2.24, 2.45) is 23.7 Å². The molecule has 2 saturated carbocycles. The topological polar surface area (TPSA) is 0 Å². The van der Waals surface area contributed by atoms with Crippen LogP contribution in [0.25, 0.3) is 0 Å². The van der Waals surface area contributed by atoms with Crippen molar-refractivity contribution in [2.75, 3.05) is 0 Å². The molecule has 0 nitrogen and oxygen atoms in total. The Bertz CT molecular complexity index is 592. The maximum Gasteiger partial charge on any atom is 0.126 e. The zero-order valence-corrected chi connectivity index (χ0v) is 17.7. The van der Waals surface area contributed by atoms with Gasteiger partial charge in [-0.1, -0.05) is 56.0 Å². The first-order chi connectivity index (χ1) is 13.2. The van der Waals surface area contributed by atoms with Crippen molar-refractivity contribution in [1.82, 2.24) is 0 Å². The van der Waals surface area contributed by atoms with E-state index in [0.717, 1.165) is 48.5 Å². The average molecular weight is 391 g/mol. The normalized spacial score (nSPS) is 29.3. The van der Waals surface area contributed by atoms with Gasteiger partial charge in [0.2, 0.25) is 0 Å². The summed E-state index contributed by atoms with van der Waals surface area (Å²) in [5.41, 5.74) is 3.76.